The molecule has 0 amide bonds. The van der Waals surface area contributed by atoms with E-state index in [1.807, 2.05) is 30.3 Å². The lowest BCUT2D eigenvalue weighted by molar-refractivity contribution is -0.192. The van der Waals surface area contributed by atoms with E-state index in [2.05, 4.69) is 15.3 Å². The number of aromatic amines is 1. The Balaban J connectivity index is 0.000000616. The van der Waals surface area contributed by atoms with Crippen molar-refractivity contribution < 1.29 is 50.9 Å². The van der Waals surface area contributed by atoms with Gasteiger partial charge in [-0.15, -0.1) is 0 Å². The van der Waals surface area contributed by atoms with E-state index in [1.165, 1.54) is 12.1 Å². The van der Waals surface area contributed by atoms with E-state index in [4.69, 9.17) is 14.6 Å². The molecular weight excluding hydrogens is 572 g/mol. The monoisotopic (exact) mass is 597 g/mol. The fourth-order valence-corrected chi connectivity index (χ4v) is 3.94. The number of nitrogens with zero attached hydrogens (tertiary/aromatic N) is 1. The first-order valence-electron chi connectivity index (χ1n) is 12.3. The Morgan fingerprint density at radius 2 is 1.67 bits per heavy atom. The number of nitrogens with one attached hydrogen (secondary N) is 2. The van der Waals surface area contributed by atoms with Gasteiger partial charge in [0.05, 0.1) is 18.6 Å². The van der Waals surface area contributed by atoms with Gasteiger partial charge in [0.15, 0.2) is 0 Å². The number of pyridine rings is 1. The minimum Gasteiger partial charge on any atom is -0.493 e. The molecule has 0 aliphatic rings. The third kappa shape index (κ3) is 9.14. The fourth-order valence-electron chi connectivity index (χ4n) is 3.94. The standard InChI is InChI=1S/C26H24F3N3O3.C2HF3O2/c27-26(28,29)18-7-5-17(6-8-18)21(15-25(33)34)22-16-32-23-14-19(9-10-20(22)23)35-13-3-12-31-24-4-1-2-11-30-24;3-2(4,5)1(6)7/h1-2,4-11,14,16,21,32H,3,12-13,15H2,(H,30,31)(H,33,34);(H,6,7). The number of halogens is 6. The second-order valence-electron chi connectivity index (χ2n) is 8.87. The van der Waals surface area contributed by atoms with E-state index in [1.54, 1.807) is 18.5 Å². The third-order valence-electron chi connectivity index (χ3n) is 5.88. The zero-order valence-corrected chi connectivity index (χ0v) is 21.7. The molecule has 2 aromatic carbocycles. The summed E-state index contributed by atoms with van der Waals surface area (Å²) in [5, 5.41) is 20.6. The van der Waals surface area contributed by atoms with Gasteiger partial charge in [0.25, 0.3) is 0 Å². The van der Waals surface area contributed by atoms with Crippen molar-refractivity contribution in [3.63, 3.8) is 0 Å². The highest BCUT2D eigenvalue weighted by Crippen LogP contribution is 2.36. The van der Waals surface area contributed by atoms with Gasteiger partial charge < -0.3 is 25.3 Å². The highest BCUT2D eigenvalue weighted by molar-refractivity contribution is 5.86. The average molecular weight is 598 g/mol. The summed E-state index contributed by atoms with van der Waals surface area (Å²) in [6.45, 7) is 1.20. The molecule has 4 rings (SSSR count). The third-order valence-corrected chi connectivity index (χ3v) is 5.88. The molecule has 1 unspecified atom stereocenters. The van der Waals surface area contributed by atoms with Crippen LogP contribution in [-0.2, 0) is 15.8 Å². The summed E-state index contributed by atoms with van der Waals surface area (Å²) in [5.41, 5.74) is 1.19. The van der Waals surface area contributed by atoms with Gasteiger partial charge in [-0.1, -0.05) is 18.2 Å². The first kappa shape index (κ1) is 31.8. The number of benzene rings is 2. The van der Waals surface area contributed by atoms with E-state index >= 15 is 0 Å². The molecule has 0 saturated carbocycles. The summed E-state index contributed by atoms with van der Waals surface area (Å²) >= 11 is 0. The number of carboxylic acid groups (broad SMARTS) is 2. The minimum absolute atomic E-state index is 0.250. The molecule has 2 heterocycles. The largest absolute Gasteiger partial charge is 0.493 e. The van der Waals surface area contributed by atoms with E-state index < -0.39 is 35.8 Å². The number of rotatable bonds is 10. The molecule has 0 aliphatic carbocycles. The molecule has 8 nitrogen and oxygen atoms in total. The Labute approximate surface area is 235 Å². The van der Waals surface area contributed by atoms with Crippen LogP contribution in [0.3, 0.4) is 0 Å². The minimum atomic E-state index is -5.08. The van der Waals surface area contributed by atoms with Gasteiger partial charge in [0.2, 0.25) is 0 Å². The van der Waals surface area contributed by atoms with E-state index in [-0.39, 0.29) is 6.42 Å². The number of aliphatic carboxylic acids is 2. The van der Waals surface area contributed by atoms with Gasteiger partial charge in [0.1, 0.15) is 11.6 Å². The normalized spacial score (nSPS) is 12.2. The van der Waals surface area contributed by atoms with Crippen molar-refractivity contribution in [1.82, 2.24) is 9.97 Å². The Morgan fingerprint density at radius 3 is 2.24 bits per heavy atom. The number of hydrogen-bond donors (Lipinski definition) is 4. The van der Waals surface area contributed by atoms with Crippen LogP contribution in [0.25, 0.3) is 10.9 Å². The molecule has 0 radical (unpaired) electrons. The van der Waals surface area contributed by atoms with Crippen molar-refractivity contribution in [2.24, 2.45) is 0 Å². The molecule has 4 N–H and O–H groups in total. The maximum Gasteiger partial charge on any atom is 0.490 e. The second-order valence-corrected chi connectivity index (χ2v) is 8.87. The number of fused-ring (bicyclic) bond motifs is 1. The van der Waals surface area contributed by atoms with Crippen LogP contribution in [0.5, 0.6) is 5.75 Å². The number of carbonyl (C=O) groups is 2. The lowest BCUT2D eigenvalue weighted by Gasteiger charge is -2.16. The van der Waals surface area contributed by atoms with Crippen molar-refractivity contribution in [2.75, 3.05) is 18.5 Å². The number of carboxylic acids is 2. The van der Waals surface area contributed by atoms with Crippen LogP contribution in [0, 0.1) is 0 Å². The van der Waals surface area contributed by atoms with Crippen molar-refractivity contribution >= 4 is 28.7 Å². The molecule has 0 fully saturated rings. The number of anilines is 1. The van der Waals surface area contributed by atoms with Crippen molar-refractivity contribution in [2.45, 2.75) is 31.1 Å². The molecule has 0 aliphatic heterocycles. The zero-order chi connectivity index (χ0) is 30.9. The topological polar surface area (TPSA) is 125 Å². The van der Waals surface area contributed by atoms with Crippen LogP contribution in [0.15, 0.2) is 73.1 Å². The maximum atomic E-state index is 12.9. The Kier molecular flexibility index (Phi) is 10.4. The molecule has 1 atom stereocenters. The molecule has 42 heavy (non-hydrogen) atoms. The van der Waals surface area contributed by atoms with Crippen molar-refractivity contribution in [3.8, 4) is 5.75 Å². The quantitative estimate of drug-likeness (QED) is 0.118. The number of hydrogen-bond acceptors (Lipinski definition) is 5. The van der Waals surface area contributed by atoms with Crippen molar-refractivity contribution in [3.05, 3.63) is 89.7 Å². The maximum absolute atomic E-state index is 12.9. The summed E-state index contributed by atoms with van der Waals surface area (Å²) < 4.78 is 76.4. The second kappa shape index (κ2) is 13.7. The van der Waals surface area contributed by atoms with Crippen LogP contribution in [0.4, 0.5) is 32.2 Å². The highest BCUT2D eigenvalue weighted by Gasteiger charge is 2.38. The molecule has 2 aromatic heterocycles. The van der Waals surface area contributed by atoms with Gasteiger partial charge in [0, 0.05) is 41.8 Å². The summed E-state index contributed by atoms with van der Waals surface area (Å²) in [4.78, 5) is 27.8. The average Bonchev–Trinajstić information content (AvgIpc) is 3.34. The number of aromatic nitrogens is 2. The SMILES string of the molecule is O=C(O)C(F)(F)F.O=C(O)CC(c1ccc(C(F)(F)F)cc1)c1c[nH]c2cc(OCCCNc3ccccn3)ccc12. The van der Waals surface area contributed by atoms with Crippen molar-refractivity contribution in [1.29, 1.82) is 0 Å². The van der Waals surface area contributed by atoms with Gasteiger partial charge in [-0.05, 0) is 53.9 Å². The smallest absolute Gasteiger partial charge is 0.490 e. The van der Waals surface area contributed by atoms with Crippen LogP contribution >= 0.6 is 0 Å². The van der Waals surface area contributed by atoms with Gasteiger partial charge >= 0.3 is 24.3 Å². The predicted molar refractivity (Wildman–Crippen MR) is 140 cm³/mol. The summed E-state index contributed by atoms with van der Waals surface area (Å²) in [5.74, 6) is -2.94. The van der Waals surface area contributed by atoms with E-state index in [0.29, 0.717) is 30.0 Å². The Hall–Kier alpha value is -4.75. The predicted octanol–water partition coefficient (Wildman–Crippen LogP) is 6.70. The number of alkyl halides is 6. The van der Waals surface area contributed by atoms with Gasteiger partial charge in [-0.25, -0.2) is 9.78 Å². The van der Waals surface area contributed by atoms with Gasteiger partial charge in [-0.3, -0.25) is 4.79 Å². The van der Waals surface area contributed by atoms with Crippen LogP contribution in [0.1, 0.15) is 35.4 Å². The Morgan fingerprint density at radius 1 is 0.976 bits per heavy atom. The molecule has 0 bridgehead atoms. The molecule has 4 aromatic rings. The highest BCUT2D eigenvalue weighted by atomic mass is 19.4. The van der Waals surface area contributed by atoms with Crippen LogP contribution in [-0.4, -0.2) is 51.4 Å². The van der Waals surface area contributed by atoms with Crippen LogP contribution < -0.4 is 10.1 Å². The van der Waals surface area contributed by atoms with E-state index in [9.17, 15) is 36.2 Å². The Bertz CT molecular complexity index is 1470. The van der Waals surface area contributed by atoms with Gasteiger partial charge in [-0.2, -0.15) is 26.3 Å². The zero-order valence-electron chi connectivity index (χ0n) is 21.7. The summed E-state index contributed by atoms with van der Waals surface area (Å²) in [7, 11) is 0. The number of ether oxygens (including phenoxy) is 1. The lowest BCUT2D eigenvalue weighted by Crippen LogP contribution is -2.21. The molecule has 224 valence electrons. The lowest BCUT2D eigenvalue weighted by atomic mass is 9.88. The first-order chi connectivity index (χ1) is 19.8. The molecular formula is C28H25F6N3O5. The number of H-pyrrole nitrogens is 1. The van der Waals surface area contributed by atoms with E-state index in [0.717, 1.165) is 35.3 Å². The fraction of sp³-hybridized carbons (Fsp3) is 0.250. The summed E-state index contributed by atoms with van der Waals surface area (Å²) in [6.07, 6.45) is -5.60. The molecule has 0 saturated heterocycles. The van der Waals surface area contributed by atoms with Crippen LogP contribution in [0.2, 0.25) is 0 Å². The molecule has 14 heteroatoms. The first-order valence-corrected chi connectivity index (χ1v) is 12.3. The summed E-state index contributed by atoms with van der Waals surface area (Å²) in [6, 6.07) is 15.8. The molecule has 0 spiro atoms.